The van der Waals surface area contributed by atoms with Crippen LogP contribution < -0.4 is 4.74 Å². The predicted octanol–water partition coefficient (Wildman–Crippen LogP) is 3.63. The van der Waals surface area contributed by atoms with Crippen molar-refractivity contribution in [2.45, 2.75) is 25.5 Å². The van der Waals surface area contributed by atoms with Gasteiger partial charge in [-0.3, -0.25) is 9.59 Å². The number of aromatic nitrogens is 1. The first-order valence-corrected chi connectivity index (χ1v) is 10.8. The first kappa shape index (κ1) is 21.6. The Morgan fingerprint density at radius 3 is 2.53 bits per heavy atom. The second-order valence-corrected chi connectivity index (χ2v) is 8.07. The van der Waals surface area contributed by atoms with Crippen molar-refractivity contribution in [3.63, 3.8) is 0 Å². The minimum atomic E-state index is -0.212. The number of piperidine rings is 1. The maximum absolute atomic E-state index is 13.1. The molecule has 0 saturated carbocycles. The summed E-state index contributed by atoms with van der Waals surface area (Å²) in [6, 6.07) is 19.5. The molecule has 3 aromatic rings. The number of hydrogen-bond acceptors (Lipinski definition) is 5. The summed E-state index contributed by atoms with van der Waals surface area (Å²) in [4.78, 5) is 33.1. The summed E-state index contributed by atoms with van der Waals surface area (Å²) in [6.45, 7) is 1.49. The maximum atomic E-state index is 13.1. The Labute approximate surface area is 187 Å². The van der Waals surface area contributed by atoms with Gasteiger partial charge >= 0.3 is 0 Å². The normalized spacial score (nSPS) is 18.2. The monoisotopic (exact) mass is 433 g/mol. The fourth-order valence-corrected chi connectivity index (χ4v) is 4.02. The average Bonchev–Trinajstić information content (AvgIpc) is 3.36. The van der Waals surface area contributed by atoms with Gasteiger partial charge in [-0.05, 0) is 17.7 Å². The fourth-order valence-electron chi connectivity index (χ4n) is 4.02. The van der Waals surface area contributed by atoms with Gasteiger partial charge < -0.3 is 19.0 Å². The van der Waals surface area contributed by atoms with Gasteiger partial charge in [0.25, 0.3) is 5.91 Å². The number of para-hydroxylation sites is 1. The van der Waals surface area contributed by atoms with Crippen molar-refractivity contribution < 1.29 is 18.7 Å². The Morgan fingerprint density at radius 1 is 1.12 bits per heavy atom. The number of hydrogen-bond donors (Lipinski definition) is 0. The van der Waals surface area contributed by atoms with Crippen LogP contribution in [0.5, 0.6) is 5.75 Å². The van der Waals surface area contributed by atoms with Crippen molar-refractivity contribution in [3.05, 3.63) is 84.6 Å². The Bertz CT molecular complexity index is 1010. The van der Waals surface area contributed by atoms with Crippen LogP contribution in [0.15, 0.2) is 77.7 Å². The third-order valence-corrected chi connectivity index (χ3v) is 5.75. The molecule has 0 aliphatic carbocycles. The lowest BCUT2D eigenvalue weighted by Crippen LogP contribution is -2.49. The Morgan fingerprint density at radius 2 is 1.84 bits per heavy atom. The second kappa shape index (κ2) is 10.1. The van der Waals surface area contributed by atoms with Crippen molar-refractivity contribution in [2.75, 3.05) is 20.1 Å². The highest BCUT2D eigenvalue weighted by Gasteiger charge is 2.36. The van der Waals surface area contributed by atoms with Crippen LogP contribution in [0, 0.1) is 5.92 Å². The van der Waals surface area contributed by atoms with Crippen LogP contribution in [-0.2, 0) is 11.3 Å². The summed E-state index contributed by atoms with van der Waals surface area (Å²) in [5.74, 6) is 0.646. The third kappa shape index (κ3) is 5.35. The number of amides is 2. The molecule has 32 heavy (non-hydrogen) atoms. The van der Waals surface area contributed by atoms with Gasteiger partial charge in [-0.15, -0.1) is 0 Å². The molecule has 7 heteroatoms. The predicted molar refractivity (Wildman–Crippen MR) is 119 cm³/mol. The van der Waals surface area contributed by atoms with Gasteiger partial charge in [-0.2, -0.15) is 0 Å². The molecular formula is C25H27N3O4. The van der Waals surface area contributed by atoms with Crippen molar-refractivity contribution in [3.8, 4) is 5.75 Å². The summed E-state index contributed by atoms with van der Waals surface area (Å²) in [5, 5.41) is 0. The number of oxazole rings is 1. The highest BCUT2D eigenvalue weighted by Crippen LogP contribution is 2.27. The topological polar surface area (TPSA) is 75.9 Å². The lowest BCUT2D eigenvalue weighted by molar-refractivity contribution is -0.133. The SMILES string of the molecule is CN(Cc1ccccc1)C(=O)C[C@H]1CN(C(=O)c2cnco2)CC[C@@H]1Oc1ccccc1. The molecule has 1 aromatic heterocycles. The van der Waals surface area contributed by atoms with Gasteiger partial charge in [0.15, 0.2) is 6.39 Å². The van der Waals surface area contributed by atoms with Gasteiger partial charge in [0.1, 0.15) is 11.9 Å². The van der Waals surface area contributed by atoms with E-state index in [1.807, 2.05) is 67.7 Å². The van der Waals surface area contributed by atoms with E-state index in [1.165, 1.54) is 12.6 Å². The van der Waals surface area contributed by atoms with Crippen LogP contribution in [0.25, 0.3) is 0 Å². The lowest BCUT2D eigenvalue weighted by atomic mass is 9.90. The molecule has 2 amide bonds. The van der Waals surface area contributed by atoms with Crippen LogP contribution in [-0.4, -0.2) is 52.8 Å². The van der Waals surface area contributed by atoms with E-state index in [1.54, 1.807) is 9.80 Å². The third-order valence-electron chi connectivity index (χ3n) is 5.75. The molecule has 2 aromatic carbocycles. The Balaban J connectivity index is 1.46. The van der Waals surface area contributed by atoms with E-state index < -0.39 is 0 Å². The largest absolute Gasteiger partial charge is 0.490 e. The van der Waals surface area contributed by atoms with Crippen LogP contribution in [0.3, 0.4) is 0 Å². The molecule has 2 atom stereocenters. The summed E-state index contributed by atoms with van der Waals surface area (Å²) >= 11 is 0. The van der Waals surface area contributed by atoms with E-state index in [0.29, 0.717) is 32.5 Å². The highest BCUT2D eigenvalue weighted by atomic mass is 16.5. The fraction of sp³-hybridized carbons (Fsp3) is 0.320. The van der Waals surface area contributed by atoms with E-state index in [4.69, 9.17) is 9.15 Å². The molecule has 2 heterocycles. The van der Waals surface area contributed by atoms with Crippen LogP contribution in [0.2, 0.25) is 0 Å². The molecule has 0 unspecified atom stereocenters. The number of likely N-dealkylation sites (tertiary alicyclic amines) is 1. The molecule has 1 fully saturated rings. The van der Waals surface area contributed by atoms with E-state index in [-0.39, 0.29) is 29.6 Å². The summed E-state index contributed by atoms with van der Waals surface area (Å²) < 4.78 is 11.4. The number of nitrogens with zero attached hydrogens (tertiary/aromatic N) is 3. The van der Waals surface area contributed by atoms with Gasteiger partial charge in [0, 0.05) is 45.4 Å². The van der Waals surface area contributed by atoms with Gasteiger partial charge in [-0.1, -0.05) is 48.5 Å². The van der Waals surface area contributed by atoms with Crippen molar-refractivity contribution in [2.24, 2.45) is 5.92 Å². The quantitative estimate of drug-likeness (QED) is 0.569. The van der Waals surface area contributed by atoms with Crippen LogP contribution in [0.4, 0.5) is 0 Å². The number of ether oxygens (including phenoxy) is 1. The van der Waals surface area contributed by atoms with E-state index in [2.05, 4.69) is 4.98 Å². The van der Waals surface area contributed by atoms with Crippen LogP contribution >= 0.6 is 0 Å². The number of benzene rings is 2. The molecule has 166 valence electrons. The zero-order valence-electron chi connectivity index (χ0n) is 18.1. The van der Waals surface area contributed by atoms with Crippen molar-refractivity contribution in [1.82, 2.24) is 14.8 Å². The van der Waals surface area contributed by atoms with E-state index >= 15 is 0 Å². The molecular weight excluding hydrogens is 406 g/mol. The second-order valence-electron chi connectivity index (χ2n) is 8.07. The zero-order valence-corrected chi connectivity index (χ0v) is 18.1. The summed E-state index contributed by atoms with van der Waals surface area (Å²) in [6.07, 6.45) is 3.43. The van der Waals surface area contributed by atoms with Gasteiger partial charge in [0.05, 0.1) is 6.20 Å². The molecule has 1 aliphatic rings. The number of carbonyl (C=O) groups is 2. The van der Waals surface area contributed by atoms with Crippen LogP contribution in [0.1, 0.15) is 29.0 Å². The average molecular weight is 434 g/mol. The molecule has 0 spiro atoms. The minimum Gasteiger partial charge on any atom is -0.490 e. The molecule has 1 saturated heterocycles. The highest BCUT2D eigenvalue weighted by molar-refractivity contribution is 5.91. The Hall–Kier alpha value is -3.61. The van der Waals surface area contributed by atoms with Gasteiger partial charge in [-0.25, -0.2) is 4.98 Å². The molecule has 4 rings (SSSR count). The first-order valence-electron chi connectivity index (χ1n) is 10.8. The number of rotatable bonds is 7. The molecule has 7 nitrogen and oxygen atoms in total. The smallest absolute Gasteiger partial charge is 0.291 e. The lowest BCUT2D eigenvalue weighted by Gasteiger charge is -2.38. The zero-order chi connectivity index (χ0) is 22.3. The molecule has 1 aliphatic heterocycles. The van der Waals surface area contributed by atoms with Crippen molar-refractivity contribution >= 4 is 11.8 Å². The molecule has 0 N–H and O–H groups in total. The number of carbonyl (C=O) groups excluding carboxylic acids is 2. The summed E-state index contributed by atoms with van der Waals surface area (Å²) in [5.41, 5.74) is 1.08. The van der Waals surface area contributed by atoms with E-state index in [0.717, 1.165) is 11.3 Å². The maximum Gasteiger partial charge on any atom is 0.291 e. The first-order chi connectivity index (χ1) is 15.6. The molecule has 0 radical (unpaired) electrons. The van der Waals surface area contributed by atoms with E-state index in [9.17, 15) is 9.59 Å². The standard InChI is InChI=1S/C25H27N3O4/c1-27(16-19-8-4-2-5-9-19)24(29)14-20-17-28(25(30)23-15-26-18-31-23)13-12-22(20)32-21-10-6-3-7-11-21/h2-11,15,18,20,22H,12-14,16-17H2,1H3/t20-,22-/m0/s1. The molecule has 0 bridgehead atoms. The minimum absolute atomic E-state index is 0.0227. The van der Waals surface area contributed by atoms with Gasteiger partial charge in [0.2, 0.25) is 11.7 Å². The Kier molecular flexibility index (Phi) is 6.84. The summed E-state index contributed by atoms with van der Waals surface area (Å²) in [7, 11) is 1.81. The van der Waals surface area contributed by atoms with Crippen molar-refractivity contribution in [1.29, 1.82) is 0 Å².